The van der Waals surface area contributed by atoms with Crippen molar-refractivity contribution in [3.63, 3.8) is 0 Å². The highest BCUT2D eigenvalue weighted by Crippen LogP contribution is 2.34. The Balaban J connectivity index is 0.00000196. The molecular formula is C23H30ClNO. The first-order chi connectivity index (χ1) is 12.3. The second-order valence-electron chi connectivity index (χ2n) is 7.84. The van der Waals surface area contributed by atoms with Gasteiger partial charge in [0.05, 0.1) is 6.10 Å². The van der Waals surface area contributed by atoms with Crippen LogP contribution < -0.4 is 0 Å². The minimum absolute atomic E-state index is 0. The molecule has 2 atom stereocenters. The fourth-order valence-corrected chi connectivity index (χ4v) is 4.71. The molecule has 2 aliphatic rings. The molecule has 0 saturated carbocycles. The molecule has 1 saturated heterocycles. The second-order valence-corrected chi connectivity index (χ2v) is 7.84. The Morgan fingerprint density at radius 2 is 1.58 bits per heavy atom. The highest BCUT2D eigenvalue weighted by atomic mass is 35.5. The number of likely N-dealkylation sites (tertiary alicyclic amines) is 1. The molecule has 1 fully saturated rings. The van der Waals surface area contributed by atoms with Gasteiger partial charge in [-0.25, -0.2) is 0 Å². The van der Waals surface area contributed by atoms with E-state index in [0.29, 0.717) is 5.92 Å². The second kappa shape index (κ2) is 9.03. The number of hydrogen-bond donors (Lipinski definition) is 1. The van der Waals surface area contributed by atoms with Gasteiger partial charge in [0.25, 0.3) is 0 Å². The van der Waals surface area contributed by atoms with Crippen LogP contribution in [0.25, 0.3) is 0 Å². The van der Waals surface area contributed by atoms with E-state index in [0.717, 1.165) is 30.9 Å². The molecule has 0 spiro atoms. The van der Waals surface area contributed by atoms with E-state index in [1.807, 2.05) is 0 Å². The van der Waals surface area contributed by atoms with Gasteiger partial charge in [-0.3, -0.25) is 0 Å². The number of piperidine rings is 1. The van der Waals surface area contributed by atoms with Gasteiger partial charge in [0, 0.05) is 6.54 Å². The van der Waals surface area contributed by atoms with Gasteiger partial charge in [0.2, 0.25) is 0 Å². The van der Waals surface area contributed by atoms with Crippen LogP contribution in [0.2, 0.25) is 0 Å². The van der Waals surface area contributed by atoms with Crippen LogP contribution in [-0.4, -0.2) is 29.6 Å². The minimum Gasteiger partial charge on any atom is -0.388 e. The van der Waals surface area contributed by atoms with Crippen LogP contribution in [0.1, 0.15) is 54.4 Å². The molecule has 1 heterocycles. The van der Waals surface area contributed by atoms with Gasteiger partial charge >= 0.3 is 0 Å². The molecule has 1 aliphatic heterocycles. The summed E-state index contributed by atoms with van der Waals surface area (Å²) in [6, 6.07) is 19.4. The number of fused-ring (bicyclic) bond motifs is 1. The molecule has 2 nitrogen and oxygen atoms in total. The topological polar surface area (TPSA) is 23.5 Å². The van der Waals surface area contributed by atoms with Gasteiger partial charge in [0.15, 0.2) is 0 Å². The lowest BCUT2D eigenvalue weighted by molar-refractivity contribution is 0.117. The Kier molecular flexibility index (Phi) is 6.74. The van der Waals surface area contributed by atoms with Crippen molar-refractivity contribution in [1.82, 2.24) is 4.90 Å². The van der Waals surface area contributed by atoms with E-state index in [9.17, 15) is 5.11 Å². The van der Waals surface area contributed by atoms with Crippen LogP contribution in [0.4, 0.5) is 0 Å². The lowest BCUT2D eigenvalue weighted by atomic mass is 9.88. The Morgan fingerprint density at radius 3 is 2.35 bits per heavy atom. The summed E-state index contributed by atoms with van der Waals surface area (Å²) in [6.45, 7) is 3.53. The smallest absolute Gasteiger partial charge is 0.0795 e. The first-order valence-electron chi connectivity index (χ1n) is 9.83. The Hall–Kier alpha value is -1.35. The molecule has 26 heavy (non-hydrogen) atoms. The number of rotatable bonds is 3. The first-order valence-corrected chi connectivity index (χ1v) is 9.83. The Labute approximate surface area is 163 Å². The largest absolute Gasteiger partial charge is 0.388 e. The summed E-state index contributed by atoms with van der Waals surface area (Å²) in [5, 5.41) is 10.6. The van der Waals surface area contributed by atoms with Crippen LogP contribution in [0.15, 0.2) is 54.6 Å². The number of halogens is 1. The van der Waals surface area contributed by atoms with Crippen molar-refractivity contribution in [2.24, 2.45) is 5.92 Å². The monoisotopic (exact) mass is 371 g/mol. The van der Waals surface area contributed by atoms with E-state index < -0.39 is 0 Å². The summed E-state index contributed by atoms with van der Waals surface area (Å²) in [5.74, 6) is 1.33. The average Bonchev–Trinajstić information content (AvgIpc) is 2.82. The lowest BCUT2D eigenvalue weighted by Crippen LogP contribution is -2.36. The third-order valence-corrected chi connectivity index (χ3v) is 6.17. The van der Waals surface area contributed by atoms with E-state index in [1.165, 1.54) is 43.5 Å². The van der Waals surface area contributed by atoms with Gasteiger partial charge in [-0.05, 0) is 73.7 Å². The predicted molar refractivity (Wildman–Crippen MR) is 110 cm³/mol. The van der Waals surface area contributed by atoms with E-state index >= 15 is 0 Å². The SMILES string of the molecule is Cl.OC1CC(CN2CCC(c3ccccc3)CC2)CCc2ccccc21. The minimum atomic E-state index is -0.287. The molecule has 2 unspecified atom stereocenters. The third-order valence-electron chi connectivity index (χ3n) is 6.17. The quantitative estimate of drug-likeness (QED) is 0.769. The molecule has 1 N–H and O–H groups in total. The van der Waals surface area contributed by atoms with Crippen molar-refractivity contribution in [2.75, 3.05) is 19.6 Å². The highest BCUT2D eigenvalue weighted by Gasteiger charge is 2.26. The molecule has 0 amide bonds. The number of nitrogens with zero attached hydrogens (tertiary/aromatic N) is 1. The van der Waals surface area contributed by atoms with Crippen molar-refractivity contribution in [3.05, 3.63) is 71.3 Å². The molecule has 3 heteroatoms. The summed E-state index contributed by atoms with van der Waals surface area (Å²) >= 11 is 0. The predicted octanol–water partition coefficient (Wildman–Crippen LogP) is 4.97. The number of aliphatic hydroxyl groups is 1. The van der Waals surface area contributed by atoms with Crippen LogP contribution in [-0.2, 0) is 6.42 Å². The van der Waals surface area contributed by atoms with Crippen LogP contribution in [0, 0.1) is 5.92 Å². The molecule has 140 valence electrons. The zero-order valence-corrected chi connectivity index (χ0v) is 16.2. The van der Waals surface area contributed by atoms with Crippen LogP contribution >= 0.6 is 12.4 Å². The third kappa shape index (κ3) is 4.49. The molecule has 0 radical (unpaired) electrons. The molecular weight excluding hydrogens is 342 g/mol. The van der Waals surface area contributed by atoms with Gasteiger partial charge in [-0.1, -0.05) is 54.6 Å². The zero-order valence-electron chi connectivity index (χ0n) is 15.4. The molecule has 4 rings (SSSR count). The van der Waals surface area contributed by atoms with E-state index in [1.54, 1.807) is 0 Å². The normalized spacial score (nSPS) is 24.3. The van der Waals surface area contributed by atoms with Crippen molar-refractivity contribution in [1.29, 1.82) is 0 Å². The standard InChI is InChI=1S/C23H29NO.ClH/c25-23-16-18(10-11-21-8-4-5-9-22(21)23)17-24-14-12-20(13-15-24)19-6-2-1-3-7-19;/h1-9,18,20,23,25H,10-17H2;1H. The molecule has 2 aromatic rings. The maximum absolute atomic E-state index is 10.6. The summed E-state index contributed by atoms with van der Waals surface area (Å²) < 4.78 is 0. The van der Waals surface area contributed by atoms with Crippen molar-refractivity contribution in [2.45, 2.75) is 44.1 Å². The molecule has 0 aromatic heterocycles. The molecule has 1 aliphatic carbocycles. The number of hydrogen-bond acceptors (Lipinski definition) is 2. The van der Waals surface area contributed by atoms with E-state index in [-0.39, 0.29) is 18.5 Å². The van der Waals surface area contributed by atoms with E-state index in [4.69, 9.17) is 0 Å². The van der Waals surface area contributed by atoms with Gasteiger partial charge < -0.3 is 10.0 Å². The number of benzene rings is 2. The Bertz CT molecular complexity index is 682. The molecule has 2 aromatic carbocycles. The van der Waals surface area contributed by atoms with E-state index in [2.05, 4.69) is 59.5 Å². The maximum Gasteiger partial charge on any atom is 0.0795 e. The van der Waals surface area contributed by atoms with Crippen molar-refractivity contribution >= 4 is 12.4 Å². The summed E-state index contributed by atoms with van der Waals surface area (Å²) in [4.78, 5) is 2.63. The van der Waals surface area contributed by atoms with Gasteiger partial charge in [0.1, 0.15) is 0 Å². The zero-order chi connectivity index (χ0) is 17.1. The molecule has 0 bridgehead atoms. The highest BCUT2D eigenvalue weighted by molar-refractivity contribution is 5.85. The van der Waals surface area contributed by atoms with Crippen LogP contribution in [0.5, 0.6) is 0 Å². The fraction of sp³-hybridized carbons (Fsp3) is 0.478. The van der Waals surface area contributed by atoms with Gasteiger partial charge in [-0.15, -0.1) is 12.4 Å². The van der Waals surface area contributed by atoms with Crippen molar-refractivity contribution in [3.8, 4) is 0 Å². The number of aryl methyl sites for hydroxylation is 1. The van der Waals surface area contributed by atoms with Crippen LogP contribution in [0.3, 0.4) is 0 Å². The number of aliphatic hydroxyl groups excluding tert-OH is 1. The summed E-state index contributed by atoms with van der Waals surface area (Å²) in [7, 11) is 0. The first kappa shape index (κ1) is 19.4. The fourth-order valence-electron chi connectivity index (χ4n) is 4.71. The van der Waals surface area contributed by atoms with Gasteiger partial charge in [-0.2, -0.15) is 0 Å². The summed E-state index contributed by atoms with van der Waals surface area (Å²) in [6.07, 6.45) is 5.46. The Morgan fingerprint density at radius 1 is 0.885 bits per heavy atom. The maximum atomic E-state index is 10.6. The summed E-state index contributed by atoms with van der Waals surface area (Å²) in [5.41, 5.74) is 4.01. The van der Waals surface area contributed by atoms with Crippen molar-refractivity contribution < 1.29 is 5.11 Å². The average molecular weight is 372 g/mol. The lowest BCUT2D eigenvalue weighted by Gasteiger charge is -2.34.